The van der Waals surface area contributed by atoms with E-state index in [4.69, 9.17) is 0 Å². The van der Waals surface area contributed by atoms with Crippen molar-refractivity contribution in [2.24, 2.45) is 0 Å². The zero-order chi connectivity index (χ0) is 19.4. The maximum absolute atomic E-state index is 12.3. The Morgan fingerprint density at radius 1 is 1.22 bits per heavy atom. The number of nitrogens with one attached hydrogen (secondary N) is 2. The highest BCUT2D eigenvalue weighted by atomic mass is 32.2. The summed E-state index contributed by atoms with van der Waals surface area (Å²) < 4.78 is 1.45. The fourth-order valence-electron chi connectivity index (χ4n) is 2.46. The number of benzene rings is 1. The van der Waals surface area contributed by atoms with Gasteiger partial charge in [-0.15, -0.1) is 11.8 Å². The van der Waals surface area contributed by atoms with E-state index in [0.29, 0.717) is 34.9 Å². The van der Waals surface area contributed by atoms with E-state index in [1.54, 1.807) is 31.7 Å². The third-order valence-corrected chi connectivity index (χ3v) is 5.04. The second-order valence-corrected chi connectivity index (χ2v) is 7.31. The Hall–Kier alpha value is -2.87. The number of aryl methyl sites for hydroxylation is 2. The minimum atomic E-state index is -0.220. The van der Waals surface area contributed by atoms with Crippen LogP contribution in [0.25, 0.3) is 5.95 Å². The zero-order valence-electron chi connectivity index (χ0n) is 15.4. The van der Waals surface area contributed by atoms with Gasteiger partial charge in [0.25, 0.3) is 5.56 Å². The molecule has 1 aromatic carbocycles. The quantitative estimate of drug-likeness (QED) is 0.638. The van der Waals surface area contributed by atoms with Crippen molar-refractivity contribution in [3.05, 3.63) is 63.7 Å². The van der Waals surface area contributed by atoms with E-state index in [-0.39, 0.29) is 17.4 Å². The van der Waals surface area contributed by atoms with Gasteiger partial charge < -0.3 is 5.32 Å². The van der Waals surface area contributed by atoms with Crippen molar-refractivity contribution in [2.75, 3.05) is 11.1 Å². The molecular weight excluding hydrogens is 362 g/mol. The van der Waals surface area contributed by atoms with Crippen molar-refractivity contribution in [2.45, 2.75) is 32.1 Å². The molecule has 0 atom stereocenters. The highest BCUT2D eigenvalue weighted by Crippen LogP contribution is 2.19. The van der Waals surface area contributed by atoms with Crippen molar-refractivity contribution >= 4 is 23.5 Å². The van der Waals surface area contributed by atoms with E-state index in [1.807, 2.05) is 37.3 Å². The topological polar surface area (TPSA) is 92.7 Å². The molecular formula is C19H21N5O2S. The van der Waals surface area contributed by atoms with Crippen LogP contribution in [0.5, 0.6) is 0 Å². The number of rotatable bonds is 6. The number of amides is 1. The summed E-state index contributed by atoms with van der Waals surface area (Å²) in [7, 11) is 0. The Morgan fingerprint density at radius 3 is 2.67 bits per heavy atom. The number of hydrogen-bond donors (Lipinski definition) is 2. The molecule has 8 heteroatoms. The smallest absolute Gasteiger partial charge is 0.255 e. The average Bonchev–Trinajstić information content (AvgIpc) is 3.00. The van der Waals surface area contributed by atoms with Crippen LogP contribution in [0.2, 0.25) is 0 Å². The molecule has 140 valence electrons. The fourth-order valence-corrected chi connectivity index (χ4v) is 3.34. The van der Waals surface area contributed by atoms with Gasteiger partial charge in [-0.1, -0.05) is 18.2 Å². The summed E-state index contributed by atoms with van der Waals surface area (Å²) in [4.78, 5) is 32.6. The largest absolute Gasteiger partial charge is 0.310 e. The van der Waals surface area contributed by atoms with Gasteiger partial charge in [0.1, 0.15) is 5.82 Å². The number of carbonyl (C=O) groups excluding carboxylic acids is 1. The lowest BCUT2D eigenvalue weighted by molar-refractivity contribution is -0.115. The van der Waals surface area contributed by atoms with Gasteiger partial charge in [-0.25, -0.2) is 4.98 Å². The Bertz CT molecular complexity index is 1010. The summed E-state index contributed by atoms with van der Waals surface area (Å²) in [5.41, 5.74) is 1.68. The van der Waals surface area contributed by atoms with Crippen LogP contribution < -0.4 is 10.9 Å². The summed E-state index contributed by atoms with van der Waals surface area (Å²) in [6, 6.07) is 11.7. The number of H-pyrrole nitrogens is 1. The number of thioether (sulfide) groups is 1. The van der Waals surface area contributed by atoms with Crippen molar-refractivity contribution < 1.29 is 4.79 Å². The highest BCUT2D eigenvalue weighted by Gasteiger charge is 2.14. The molecule has 0 saturated heterocycles. The van der Waals surface area contributed by atoms with E-state index >= 15 is 0 Å². The minimum Gasteiger partial charge on any atom is -0.310 e. The lowest BCUT2D eigenvalue weighted by Gasteiger charge is -2.09. The number of nitrogens with zero attached hydrogens (tertiary/aromatic N) is 3. The summed E-state index contributed by atoms with van der Waals surface area (Å²) in [6.45, 7) is 5.30. The maximum Gasteiger partial charge on any atom is 0.255 e. The first-order valence-electron chi connectivity index (χ1n) is 8.56. The van der Waals surface area contributed by atoms with Gasteiger partial charge in [0.2, 0.25) is 11.9 Å². The summed E-state index contributed by atoms with van der Waals surface area (Å²) in [6.07, 6.45) is 0.362. The number of anilines is 1. The molecule has 1 amide bonds. The SMILES string of the molecule is Cc1cc(NC(=O)CCSc2ccccc2)n(-c2nc(C)c(C)c(=O)[nH]2)n1. The highest BCUT2D eigenvalue weighted by molar-refractivity contribution is 7.99. The first kappa shape index (κ1) is 18.9. The summed E-state index contributed by atoms with van der Waals surface area (Å²) in [5.74, 6) is 1.31. The van der Waals surface area contributed by atoms with Crippen LogP contribution in [-0.2, 0) is 4.79 Å². The predicted octanol–water partition coefficient (Wildman–Crippen LogP) is 3.00. The first-order chi connectivity index (χ1) is 12.9. The van der Waals surface area contributed by atoms with E-state index in [2.05, 4.69) is 20.4 Å². The Kier molecular flexibility index (Phi) is 5.75. The van der Waals surface area contributed by atoms with Crippen LogP contribution in [0.3, 0.4) is 0 Å². The van der Waals surface area contributed by atoms with Crippen molar-refractivity contribution in [3.63, 3.8) is 0 Å². The maximum atomic E-state index is 12.3. The van der Waals surface area contributed by atoms with Crippen molar-refractivity contribution in [3.8, 4) is 5.95 Å². The summed E-state index contributed by atoms with van der Waals surface area (Å²) >= 11 is 1.63. The molecule has 2 aromatic heterocycles. The molecule has 0 fully saturated rings. The molecule has 0 bridgehead atoms. The molecule has 3 aromatic rings. The molecule has 27 heavy (non-hydrogen) atoms. The van der Waals surface area contributed by atoms with Crippen LogP contribution in [-0.4, -0.2) is 31.4 Å². The lowest BCUT2D eigenvalue weighted by Crippen LogP contribution is -2.21. The molecule has 0 aliphatic carbocycles. The van der Waals surface area contributed by atoms with E-state index in [9.17, 15) is 9.59 Å². The molecule has 3 rings (SSSR count). The number of carbonyl (C=O) groups is 1. The lowest BCUT2D eigenvalue weighted by atomic mass is 10.3. The van der Waals surface area contributed by atoms with E-state index in [0.717, 1.165) is 4.90 Å². The van der Waals surface area contributed by atoms with Gasteiger partial charge in [-0.05, 0) is 32.9 Å². The molecule has 0 radical (unpaired) electrons. The second kappa shape index (κ2) is 8.22. The van der Waals surface area contributed by atoms with Gasteiger partial charge in [-0.3, -0.25) is 14.6 Å². The molecule has 2 heterocycles. The Labute approximate surface area is 161 Å². The van der Waals surface area contributed by atoms with E-state index in [1.165, 1.54) is 4.68 Å². The third kappa shape index (κ3) is 4.65. The van der Waals surface area contributed by atoms with E-state index < -0.39 is 0 Å². The fraction of sp³-hybridized carbons (Fsp3) is 0.263. The third-order valence-electron chi connectivity index (χ3n) is 4.02. The van der Waals surface area contributed by atoms with Gasteiger partial charge in [0.05, 0.1) is 5.69 Å². The molecule has 0 aliphatic heterocycles. The molecule has 0 spiro atoms. The minimum absolute atomic E-state index is 0.120. The van der Waals surface area contributed by atoms with Crippen LogP contribution in [0.4, 0.5) is 5.82 Å². The Balaban J connectivity index is 1.70. The normalized spacial score (nSPS) is 10.8. The van der Waals surface area contributed by atoms with Crippen LogP contribution in [0.15, 0.2) is 46.1 Å². The average molecular weight is 383 g/mol. The Morgan fingerprint density at radius 2 is 1.96 bits per heavy atom. The first-order valence-corrected chi connectivity index (χ1v) is 9.55. The predicted molar refractivity (Wildman–Crippen MR) is 107 cm³/mol. The van der Waals surface area contributed by atoms with Crippen molar-refractivity contribution in [1.82, 2.24) is 19.7 Å². The molecule has 0 aliphatic rings. The van der Waals surface area contributed by atoms with Crippen LogP contribution >= 0.6 is 11.8 Å². The zero-order valence-corrected chi connectivity index (χ0v) is 16.3. The number of hydrogen-bond acceptors (Lipinski definition) is 5. The summed E-state index contributed by atoms with van der Waals surface area (Å²) in [5, 5.41) is 7.19. The number of aromatic nitrogens is 4. The molecule has 0 unspecified atom stereocenters. The molecule has 2 N–H and O–H groups in total. The van der Waals surface area contributed by atoms with Gasteiger partial charge in [0.15, 0.2) is 0 Å². The standard InChI is InChI=1S/C19H21N5O2S/c1-12-11-16(21-17(25)9-10-27-15-7-5-4-6-8-15)24(23-12)19-20-14(3)13(2)18(26)22-19/h4-8,11H,9-10H2,1-3H3,(H,21,25)(H,20,22,26). The van der Waals surface area contributed by atoms with Gasteiger partial charge in [-0.2, -0.15) is 9.78 Å². The molecule has 0 saturated carbocycles. The van der Waals surface area contributed by atoms with Crippen LogP contribution in [0.1, 0.15) is 23.4 Å². The number of aromatic amines is 1. The second-order valence-electron chi connectivity index (χ2n) is 6.14. The van der Waals surface area contributed by atoms with Crippen LogP contribution in [0, 0.1) is 20.8 Å². The van der Waals surface area contributed by atoms with Gasteiger partial charge in [0, 0.05) is 34.4 Å². The van der Waals surface area contributed by atoms with Gasteiger partial charge >= 0.3 is 0 Å². The monoisotopic (exact) mass is 383 g/mol. The van der Waals surface area contributed by atoms with Crippen molar-refractivity contribution in [1.29, 1.82) is 0 Å². The molecule has 7 nitrogen and oxygen atoms in total.